The molecule has 0 spiro atoms. The monoisotopic (exact) mass is 595 g/mol. The average molecular weight is 596 g/mol. The Morgan fingerprint density at radius 3 is 2.19 bits per heavy atom. The SMILES string of the molecule is CC(C)(C)NC(=O)N[C@@H](CNC(=O)OC(C)(C)C)C(=O)N1CC2C([C@H]1C(=O)NC(CC1CCC1)C(O)C(N)=O)C2(C)N. The Balaban J connectivity index is 1.82. The highest BCUT2D eigenvalue weighted by Crippen LogP contribution is 2.56. The van der Waals surface area contributed by atoms with Gasteiger partial charge >= 0.3 is 12.1 Å². The first-order valence-corrected chi connectivity index (χ1v) is 14.6. The Morgan fingerprint density at radius 2 is 1.69 bits per heavy atom. The van der Waals surface area contributed by atoms with Crippen LogP contribution in [-0.2, 0) is 19.1 Å². The number of ether oxygens (including phenoxy) is 1. The van der Waals surface area contributed by atoms with Gasteiger partial charge in [-0.1, -0.05) is 19.3 Å². The number of nitrogens with two attached hydrogens (primary N) is 2. The second kappa shape index (κ2) is 12.2. The summed E-state index contributed by atoms with van der Waals surface area (Å²) in [6, 6.07) is -3.80. The maximum atomic E-state index is 13.9. The zero-order valence-electron chi connectivity index (χ0n) is 25.8. The van der Waals surface area contributed by atoms with Crippen molar-refractivity contribution >= 4 is 29.8 Å². The maximum absolute atomic E-state index is 13.9. The van der Waals surface area contributed by atoms with Gasteiger partial charge in [0.05, 0.1) is 12.6 Å². The number of aliphatic hydroxyl groups is 1. The molecule has 0 aromatic rings. The van der Waals surface area contributed by atoms with Gasteiger partial charge in [0.15, 0.2) is 6.10 Å². The van der Waals surface area contributed by atoms with Gasteiger partial charge in [-0.05, 0) is 60.8 Å². The van der Waals surface area contributed by atoms with E-state index in [4.69, 9.17) is 16.2 Å². The number of alkyl carbamates (subject to hydrolysis) is 1. The molecule has 1 aliphatic heterocycles. The molecule has 0 aromatic heterocycles. The predicted molar refractivity (Wildman–Crippen MR) is 154 cm³/mol. The Kier molecular flexibility index (Phi) is 9.72. The van der Waals surface area contributed by atoms with E-state index in [2.05, 4.69) is 21.3 Å². The van der Waals surface area contributed by atoms with Crippen LogP contribution in [0.1, 0.15) is 74.1 Å². The number of aliphatic hydroxyl groups excluding tert-OH is 1. The van der Waals surface area contributed by atoms with E-state index in [0.717, 1.165) is 19.3 Å². The van der Waals surface area contributed by atoms with Crippen LogP contribution in [0.5, 0.6) is 0 Å². The Labute approximate surface area is 247 Å². The summed E-state index contributed by atoms with van der Waals surface area (Å²) in [5.74, 6) is -2.41. The molecule has 238 valence electrons. The van der Waals surface area contributed by atoms with Crippen LogP contribution >= 0.6 is 0 Å². The van der Waals surface area contributed by atoms with Gasteiger partial charge in [-0.3, -0.25) is 14.4 Å². The lowest BCUT2D eigenvalue weighted by atomic mass is 9.79. The molecular weight excluding hydrogens is 546 g/mol. The molecule has 1 saturated heterocycles. The minimum absolute atomic E-state index is 0.158. The third-order valence-electron chi connectivity index (χ3n) is 8.22. The van der Waals surface area contributed by atoms with Crippen molar-refractivity contribution in [3.63, 3.8) is 0 Å². The van der Waals surface area contributed by atoms with Crippen molar-refractivity contribution in [1.29, 1.82) is 0 Å². The number of rotatable bonds is 10. The molecule has 5 unspecified atom stereocenters. The maximum Gasteiger partial charge on any atom is 0.407 e. The molecule has 0 aromatic carbocycles. The quantitative estimate of drug-likeness (QED) is 0.177. The van der Waals surface area contributed by atoms with Gasteiger partial charge < -0.3 is 47.5 Å². The number of amides is 6. The average Bonchev–Trinajstić information content (AvgIpc) is 3.12. The van der Waals surface area contributed by atoms with Crippen LogP contribution in [0, 0.1) is 17.8 Å². The normalized spacial score (nSPS) is 27.5. The number of carbonyl (C=O) groups excluding carboxylic acids is 5. The number of nitrogens with zero attached hydrogens (tertiary/aromatic N) is 1. The molecule has 14 heteroatoms. The topological polar surface area (TPSA) is 218 Å². The van der Waals surface area contributed by atoms with E-state index in [1.165, 1.54) is 4.90 Å². The number of likely N-dealkylation sites (tertiary alicyclic amines) is 1. The van der Waals surface area contributed by atoms with Crippen LogP contribution in [0.4, 0.5) is 9.59 Å². The highest BCUT2D eigenvalue weighted by molar-refractivity contribution is 5.94. The van der Waals surface area contributed by atoms with E-state index in [9.17, 15) is 29.1 Å². The van der Waals surface area contributed by atoms with Gasteiger partial charge in [0.25, 0.3) is 0 Å². The first-order chi connectivity index (χ1) is 19.2. The summed E-state index contributed by atoms with van der Waals surface area (Å²) in [7, 11) is 0. The van der Waals surface area contributed by atoms with Gasteiger partial charge in [0.2, 0.25) is 17.7 Å². The molecule has 0 bridgehead atoms. The fourth-order valence-electron chi connectivity index (χ4n) is 5.84. The van der Waals surface area contributed by atoms with Crippen LogP contribution < -0.4 is 32.7 Å². The lowest BCUT2D eigenvalue weighted by molar-refractivity contribution is -0.142. The predicted octanol–water partition coefficient (Wildman–Crippen LogP) is -0.327. The molecule has 42 heavy (non-hydrogen) atoms. The standard InChI is InChI=1S/C28H49N7O7/c1-26(2,3)34-24(40)33-17(12-31-25(41)42-27(4,5)6)23(39)35-13-15-18(28(15,7)30)19(35)22(38)32-16(20(36)21(29)37)11-14-9-8-10-14/h14-20,36H,8-13,30H2,1-7H3,(H2,29,37)(H,31,41)(H,32,38)(H2,33,34,40)/t15?,16?,17-,18?,19-,20?,28?/m0/s1. The second-order valence-electron chi connectivity index (χ2n) is 14.2. The van der Waals surface area contributed by atoms with E-state index in [1.54, 1.807) is 41.5 Å². The summed E-state index contributed by atoms with van der Waals surface area (Å²) in [6.45, 7) is 12.1. The molecule has 3 aliphatic rings. The fourth-order valence-corrected chi connectivity index (χ4v) is 5.84. The van der Waals surface area contributed by atoms with E-state index in [1.807, 2.05) is 6.92 Å². The second-order valence-corrected chi connectivity index (χ2v) is 14.2. The van der Waals surface area contributed by atoms with Crippen LogP contribution in [0.3, 0.4) is 0 Å². The summed E-state index contributed by atoms with van der Waals surface area (Å²) in [5.41, 5.74) is 9.72. The zero-order chi connectivity index (χ0) is 31.8. The van der Waals surface area contributed by atoms with Crippen LogP contribution in [0.25, 0.3) is 0 Å². The summed E-state index contributed by atoms with van der Waals surface area (Å²) in [4.78, 5) is 66.0. The number of piperidine rings is 1. The van der Waals surface area contributed by atoms with Crippen molar-refractivity contribution in [2.24, 2.45) is 29.2 Å². The Morgan fingerprint density at radius 1 is 1.07 bits per heavy atom. The molecular formula is C28H49N7O7. The van der Waals surface area contributed by atoms with Gasteiger partial charge in [-0.2, -0.15) is 0 Å². The smallest absolute Gasteiger partial charge is 0.407 e. The lowest BCUT2D eigenvalue weighted by Crippen LogP contribution is -2.62. The number of urea groups is 1. The highest BCUT2D eigenvalue weighted by atomic mass is 16.6. The summed E-state index contributed by atoms with van der Waals surface area (Å²) < 4.78 is 5.28. The highest BCUT2D eigenvalue weighted by Gasteiger charge is 2.70. The molecule has 14 nitrogen and oxygen atoms in total. The Hall–Kier alpha value is -3.13. The van der Waals surface area contributed by atoms with Gasteiger partial charge in [-0.25, -0.2) is 9.59 Å². The van der Waals surface area contributed by atoms with Crippen molar-refractivity contribution in [3.05, 3.63) is 0 Å². The zero-order valence-corrected chi connectivity index (χ0v) is 25.8. The van der Waals surface area contributed by atoms with E-state index >= 15 is 0 Å². The summed E-state index contributed by atoms with van der Waals surface area (Å²) in [6.07, 6.45) is 0.894. The number of hydrogen-bond donors (Lipinski definition) is 7. The first kappa shape index (κ1) is 33.4. The molecule has 3 rings (SSSR count). The molecule has 2 aliphatic carbocycles. The number of carbonyl (C=O) groups is 5. The largest absolute Gasteiger partial charge is 0.444 e. The number of primary amides is 1. The summed E-state index contributed by atoms with van der Waals surface area (Å²) >= 11 is 0. The third-order valence-corrected chi connectivity index (χ3v) is 8.22. The van der Waals surface area contributed by atoms with Crippen LogP contribution in [0.2, 0.25) is 0 Å². The van der Waals surface area contributed by atoms with E-state index in [-0.39, 0.29) is 30.8 Å². The van der Waals surface area contributed by atoms with E-state index < -0.39 is 70.8 Å². The fraction of sp³-hybridized carbons (Fsp3) is 0.821. The van der Waals surface area contributed by atoms with Crippen molar-refractivity contribution in [2.45, 2.75) is 115 Å². The van der Waals surface area contributed by atoms with Crippen molar-refractivity contribution in [3.8, 4) is 0 Å². The van der Waals surface area contributed by atoms with Crippen LogP contribution in [0.15, 0.2) is 0 Å². The van der Waals surface area contributed by atoms with Gasteiger partial charge in [0, 0.05) is 29.5 Å². The number of nitrogens with one attached hydrogen (secondary N) is 4. The number of hydrogen-bond acceptors (Lipinski definition) is 8. The molecule has 1 heterocycles. The molecule has 2 saturated carbocycles. The van der Waals surface area contributed by atoms with Crippen LogP contribution in [-0.4, -0.2) is 93.9 Å². The van der Waals surface area contributed by atoms with Crippen molar-refractivity contribution in [1.82, 2.24) is 26.2 Å². The molecule has 6 amide bonds. The van der Waals surface area contributed by atoms with Crippen molar-refractivity contribution < 1.29 is 33.8 Å². The molecule has 3 fully saturated rings. The van der Waals surface area contributed by atoms with E-state index in [0.29, 0.717) is 6.42 Å². The molecule has 0 radical (unpaired) electrons. The lowest BCUT2D eigenvalue weighted by Gasteiger charge is -2.36. The van der Waals surface area contributed by atoms with Gasteiger partial charge in [0.1, 0.15) is 17.7 Å². The minimum atomic E-state index is -1.59. The number of fused-ring (bicyclic) bond motifs is 1. The molecule has 9 N–H and O–H groups in total. The minimum Gasteiger partial charge on any atom is -0.444 e. The third kappa shape index (κ3) is 8.24. The van der Waals surface area contributed by atoms with Crippen molar-refractivity contribution in [2.75, 3.05) is 13.1 Å². The first-order valence-electron chi connectivity index (χ1n) is 14.6. The van der Waals surface area contributed by atoms with Gasteiger partial charge in [-0.15, -0.1) is 0 Å². The molecule has 7 atom stereocenters. The Bertz CT molecular complexity index is 1060. The summed E-state index contributed by atoms with van der Waals surface area (Å²) in [5, 5.41) is 21.1.